The number of carbonyl (C=O) groups is 1. The Hall–Kier alpha value is -3.47. The summed E-state index contributed by atoms with van der Waals surface area (Å²) >= 11 is 0. The predicted molar refractivity (Wildman–Crippen MR) is 139 cm³/mol. The molecule has 4 atom stereocenters. The first-order chi connectivity index (χ1) is 18.3. The molecule has 3 aromatic rings. The Balaban J connectivity index is 1.26. The zero-order valence-corrected chi connectivity index (χ0v) is 21.4. The van der Waals surface area contributed by atoms with Gasteiger partial charge in [-0.15, -0.1) is 0 Å². The minimum absolute atomic E-state index is 0.0572. The Morgan fingerprint density at radius 2 is 1.82 bits per heavy atom. The Kier molecular flexibility index (Phi) is 7.64. The number of carbonyl (C=O) groups excluding carboxylic acids is 1. The lowest BCUT2D eigenvalue weighted by molar-refractivity contribution is -0.142. The SMILES string of the molecule is O=C(C[C@@H]1C[C@H]2c3cc(NS(=O)(=O)c4ccc(F)cc4)ccc3O[C@H]2[C@@H](CO)O1)NCCc1ccccc1. The molecule has 0 spiro atoms. The summed E-state index contributed by atoms with van der Waals surface area (Å²) < 4.78 is 53.4. The van der Waals surface area contributed by atoms with Gasteiger partial charge in [0.15, 0.2) is 0 Å². The van der Waals surface area contributed by atoms with Gasteiger partial charge in [-0.2, -0.15) is 0 Å². The van der Waals surface area contributed by atoms with Gasteiger partial charge >= 0.3 is 0 Å². The van der Waals surface area contributed by atoms with Crippen LogP contribution in [-0.2, 0) is 26.0 Å². The second kappa shape index (κ2) is 11.1. The Bertz CT molecular complexity index is 1380. The van der Waals surface area contributed by atoms with Crippen LogP contribution in [0.25, 0.3) is 0 Å². The van der Waals surface area contributed by atoms with Crippen LogP contribution in [0, 0.1) is 5.82 Å². The smallest absolute Gasteiger partial charge is 0.261 e. The second-order valence-corrected chi connectivity index (χ2v) is 11.2. The average molecular weight is 541 g/mol. The molecule has 10 heteroatoms. The highest BCUT2D eigenvalue weighted by atomic mass is 32.2. The molecule has 0 radical (unpaired) electrons. The van der Waals surface area contributed by atoms with Crippen LogP contribution < -0.4 is 14.8 Å². The van der Waals surface area contributed by atoms with E-state index in [4.69, 9.17) is 9.47 Å². The number of ether oxygens (including phenoxy) is 2. The van der Waals surface area contributed by atoms with Crippen LogP contribution in [0.4, 0.5) is 10.1 Å². The number of rotatable bonds is 9. The van der Waals surface area contributed by atoms with Crippen LogP contribution in [-0.4, -0.2) is 50.9 Å². The molecule has 1 saturated heterocycles. The molecule has 1 fully saturated rings. The molecule has 2 aliphatic heterocycles. The Morgan fingerprint density at radius 3 is 2.55 bits per heavy atom. The van der Waals surface area contributed by atoms with Crippen molar-refractivity contribution in [3.63, 3.8) is 0 Å². The molecule has 200 valence electrons. The Morgan fingerprint density at radius 1 is 1.05 bits per heavy atom. The highest BCUT2D eigenvalue weighted by molar-refractivity contribution is 7.92. The molecule has 5 rings (SSSR count). The largest absolute Gasteiger partial charge is 0.487 e. The zero-order valence-electron chi connectivity index (χ0n) is 20.5. The summed E-state index contributed by atoms with van der Waals surface area (Å²) in [5, 5.41) is 12.9. The fourth-order valence-electron chi connectivity index (χ4n) is 5.05. The molecule has 0 aromatic heterocycles. The first kappa shape index (κ1) is 26.1. The van der Waals surface area contributed by atoms with Gasteiger partial charge in [0, 0.05) is 23.7 Å². The lowest BCUT2D eigenvalue weighted by Crippen LogP contribution is -2.47. The number of aliphatic hydroxyl groups excluding tert-OH is 1. The molecular weight excluding hydrogens is 511 g/mol. The van der Waals surface area contributed by atoms with Gasteiger partial charge in [0.05, 0.1) is 24.0 Å². The number of hydrogen-bond donors (Lipinski definition) is 3. The third kappa shape index (κ3) is 5.82. The fourth-order valence-corrected chi connectivity index (χ4v) is 6.10. The number of nitrogens with one attached hydrogen (secondary N) is 2. The van der Waals surface area contributed by atoms with Gasteiger partial charge in [-0.1, -0.05) is 30.3 Å². The summed E-state index contributed by atoms with van der Waals surface area (Å²) in [4.78, 5) is 12.6. The number of amides is 1. The normalized spacial score (nSPS) is 22.2. The predicted octanol–water partition coefficient (Wildman–Crippen LogP) is 3.37. The first-order valence-corrected chi connectivity index (χ1v) is 14.0. The minimum Gasteiger partial charge on any atom is -0.487 e. The van der Waals surface area contributed by atoms with Gasteiger partial charge in [0.2, 0.25) is 5.91 Å². The number of hydrogen-bond acceptors (Lipinski definition) is 6. The maximum atomic E-state index is 13.2. The van der Waals surface area contributed by atoms with Crippen LogP contribution >= 0.6 is 0 Å². The summed E-state index contributed by atoms with van der Waals surface area (Å²) in [6.45, 7) is 0.236. The monoisotopic (exact) mass is 540 g/mol. The highest BCUT2D eigenvalue weighted by Crippen LogP contribution is 2.47. The lowest BCUT2D eigenvalue weighted by atomic mass is 9.84. The molecule has 0 unspecified atom stereocenters. The van der Waals surface area contributed by atoms with Crippen molar-refractivity contribution in [2.24, 2.45) is 0 Å². The summed E-state index contributed by atoms with van der Waals surface area (Å²) in [5.74, 6) is -0.267. The minimum atomic E-state index is -3.92. The number of fused-ring (bicyclic) bond motifs is 3. The van der Waals surface area contributed by atoms with Gasteiger partial charge in [-0.05, 0) is 60.9 Å². The van der Waals surface area contributed by atoms with Crippen LogP contribution in [0.15, 0.2) is 77.7 Å². The van der Waals surface area contributed by atoms with E-state index in [-0.39, 0.29) is 29.7 Å². The van der Waals surface area contributed by atoms with E-state index in [9.17, 15) is 22.7 Å². The number of benzene rings is 3. The molecule has 0 aliphatic carbocycles. The van der Waals surface area contributed by atoms with Crippen LogP contribution in [0.3, 0.4) is 0 Å². The highest BCUT2D eigenvalue weighted by Gasteiger charge is 2.46. The Labute approximate surface area is 220 Å². The van der Waals surface area contributed by atoms with Crippen molar-refractivity contribution in [1.82, 2.24) is 5.32 Å². The molecular formula is C28H29FN2O6S. The van der Waals surface area contributed by atoms with Crippen molar-refractivity contribution in [2.45, 2.75) is 48.4 Å². The van der Waals surface area contributed by atoms with Crippen molar-refractivity contribution < 1.29 is 32.2 Å². The lowest BCUT2D eigenvalue weighted by Gasteiger charge is -2.37. The van der Waals surface area contributed by atoms with E-state index in [1.165, 1.54) is 12.1 Å². The van der Waals surface area contributed by atoms with Crippen LogP contribution in [0.5, 0.6) is 5.75 Å². The van der Waals surface area contributed by atoms with E-state index >= 15 is 0 Å². The average Bonchev–Trinajstić information content (AvgIpc) is 3.27. The van der Waals surface area contributed by atoms with Gasteiger partial charge in [0.1, 0.15) is 23.8 Å². The molecule has 1 amide bonds. The maximum absolute atomic E-state index is 13.2. The number of halogens is 1. The van der Waals surface area contributed by atoms with Crippen molar-refractivity contribution in [1.29, 1.82) is 0 Å². The summed E-state index contributed by atoms with van der Waals surface area (Å²) in [5.41, 5.74) is 2.25. The number of aliphatic hydroxyl groups is 1. The summed E-state index contributed by atoms with van der Waals surface area (Å²) in [6.07, 6.45) is -0.159. The van der Waals surface area contributed by atoms with E-state index < -0.39 is 34.2 Å². The van der Waals surface area contributed by atoms with Crippen molar-refractivity contribution in [2.75, 3.05) is 17.9 Å². The quantitative estimate of drug-likeness (QED) is 0.384. The number of anilines is 1. The van der Waals surface area contributed by atoms with Gasteiger partial charge in [0.25, 0.3) is 10.0 Å². The topological polar surface area (TPSA) is 114 Å². The molecule has 3 N–H and O–H groups in total. The molecule has 2 heterocycles. The van der Waals surface area contributed by atoms with Gasteiger partial charge in [-0.3, -0.25) is 9.52 Å². The van der Waals surface area contributed by atoms with E-state index in [1.807, 2.05) is 30.3 Å². The molecule has 0 bridgehead atoms. The zero-order chi connectivity index (χ0) is 26.7. The molecule has 3 aromatic carbocycles. The fraction of sp³-hybridized carbons (Fsp3) is 0.321. The third-order valence-electron chi connectivity index (χ3n) is 6.87. The molecule has 0 saturated carbocycles. The summed E-state index contributed by atoms with van der Waals surface area (Å²) in [7, 11) is -3.92. The van der Waals surface area contributed by atoms with E-state index in [0.29, 0.717) is 24.4 Å². The summed E-state index contributed by atoms with van der Waals surface area (Å²) in [6, 6.07) is 19.4. The maximum Gasteiger partial charge on any atom is 0.261 e. The van der Waals surface area contributed by atoms with Crippen molar-refractivity contribution >= 4 is 21.6 Å². The second-order valence-electron chi connectivity index (χ2n) is 9.51. The van der Waals surface area contributed by atoms with Crippen molar-refractivity contribution in [3.05, 3.63) is 89.7 Å². The standard InChI is InChI=1S/C28H29FN2O6S/c29-19-6-9-22(10-7-19)38(34,35)31-20-8-11-25-23(14-20)24-15-21(36-26(17-32)28(24)37-25)16-27(33)30-13-12-18-4-2-1-3-5-18/h1-11,14,21,24,26,28,31-32H,12-13,15-17H2,(H,30,33)/t21-,24-,26+,28+/m0/s1. The van der Waals surface area contributed by atoms with E-state index in [0.717, 1.165) is 29.7 Å². The number of sulfonamides is 1. The molecule has 38 heavy (non-hydrogen) atoms. The van der Waals surface area contributed by atoms with Crippen LogP contribution in [0.1, 0.15) is 29.9 Å². The van der Waals surface area contributed by atoms with Crippen molar-refractivity contribution in [3.8, 4) is 5.75 Å². The van der Waals surface area contributed by atoms with E-state index in [1.54, 1.807) is 18.2 Å². The third-order valence-corrected chi connectivity index (χ3v) is 8.26. The molecule has 2 aliphatic rings. The van der Waals surface area contributed by atoms with Gasteiger partial charge < -0.3 is 19.9 Å². The first-order valence-electron chi connectivity index (χ1n) is 12.5. The van der Waals surface area contributed by atoms with E-state index in [2.05, 4.69) is 10.0 Å². The molecule has 8 nitrogen and oxygen atoms in total. The van der Waals surface area contributed by atoms with Gasteiger partial charge in [-0.25, -0.2) is 12.8 Å². The van der Waals surface area contributed by atoms with Crippen LogP contribution in [0.2, 0.25) is 0 Å².